The van der Waals surface area contributed by atoms with Gasteiger partial charge in [0, 0.05) is 4.70 Å². The largest absolute Gasteiger partial charge is 0.457 e. The third-order valence-electron chi connectivity index (χ3n) is 5.58. The molecular formula is C29H34FO9PS. The Morgan fingerprint density at radius 2 is 1.39 bits per heavy atom. The molecular weight excluding hydrogens is 574 g/mol. The zero-order valence-electron chi connectivity index (χ0n) is 23.8. The van der Waals surface area contributed by atoms with Crippen molar-refractivity contribution in [2.45, 2.75) is 54.1 Å². The monoisotopic (exact) mass is 608 g/mol. The number of thiophene rings is 1. The Hall–Kier alpha value is -3.11. The minimum Gasteiger partial charge on any atom is -0.457 e. The van der Waals surface area contributed by atoms with Gasteiger partial charge in [0.1, 0.15) is 11.5 Å². The van der Waals surface area contributed by atoms with Gasteiger partial charge in [0.15, 0.2) is 0 Å². The number of halogens is 1. The van der Waals surface area contributed by atoms with Crippen LogP contribution in [0.3, 0.4) is 0 Å². The molecule has 0 spiro atoms. The SMILES string of the molecule is CC(C)(C)C(=O)OCOP(=O)(OCOC(=O)C(C)(C)C)C(F)c1ccc2sc(C(=O)OCc3ccccc3)cc2c1. The van der Waals surface area contributed by atoms with Crippen LogP contribution in [0.5, 0.6) is 0 Å². The Morgan fingerprint density at radius 1 is 0.829 bits per heavy atom. The summed E-state index contributed by atoms with van der Waals surface area (Å²) in [6.45, 7) is 8.05. The zero-order chi connectivity index (χ0) is 30.4. The summed E-state index contributed by atoms with van der Waals surface area (Å²) in [5, 5.41) is 0.506. The van der Waals surface area contributed by atoms with Gasteiger partial charge in [-0.15, -0.1) is 11.3 Å². The topological polar surface area (TPSA) is 114 Å². The fraction of sp³-hybridized carbons (Fsp3) is 0.414. The van der Waals surface area contributed by atoms with E-state index < -0.39 is 55.8 Å². The standard InChI is InChI=1S/C29H34FO9PS/c1-28(2,3)26(32)36-17-38-40(34,39-18-37-27(33)29(4,5)6)24(30)20-12-13-22-21(14-20)15-23(41-22)25(31)35-16-19-10-8-7-9-11-19/h7-15,24H,16-18H2,1-6H3. The number of hydrogen-bond donors (Lipinski definition) is 0. The summed E-state index contributed by atoms with van der Waals surface area (Å²) < 4.78 is 55.7. The van der Waals surface area contributed by atoms with Crippen LogP contribution in [0, 0.1) is 10.8 Å². The van der Waals surface area contributed by atoms with Gasteiger partial charge in [0.2, 0.25) is 19.5 Å². The Morgan fingerprint density at radius 3 is 1.93 bits per heavy atom. The Balaban J connectivity index is 1.77. The van der Waals surface area contributed by atoms with E-state index in [1.165, 1.54) is 12.1 Å². The maximum atomic E-state index is 15.8. The molecule has 0 aliphatic carbocycles. The van der Waals surface area contributed by atoms with Gasteiger partial charge in [0.05, 0.1) is 10.8 Å². The molecule has 0 fully saturated rings. The van der Waals surface area contributed by atoms with Gasteiger partial charge in [-0.25, -0.2) is 9.18 Å². The molecule has 0 aliphatic rings. The van der Waals surface area contributed by atoms with E-state index in [-0.39, 0.29) is 12.2 Å². The Labute approximate surface area is 242 Å². The van der Waals surface area contributed by atoms with Crippen LogP contribution in [0.25, 0.3) is 10.1 Å². The number of esters is 3. The highest BCUT2D eigenvalue weighted by Crippen LogP contribution is 2.62. The van der Waals surface area contributed by atoms with Gasteiger partial charge in [0.25, 0.3) is 0 Å². The van der Waals surface area contributed by atoms with Gasteiger partial charge in [-0.05, 0) is 76.3 Å². The summed E-state index contributed by atoms with van der Waals surface area (Å²) in [7, 11) is -4.69. The Bertz CT molecular complexity index is 1390. The van der Waals surface area contributed by atoms with Crippen LogP contribution in [0.4, 0.5) is 4.39 Å². The molecule has 0 bridgehead atoms. The lowest BCUT2D eigenvalue weighted by Crippen LogP contribution is -2.25. The highest BCUT2D eigenvalue weighted by Gasteiger charge is 2.40. The van der Waals surface area contributed by atoms with Crippen LogP contribution >= 0.6 is 18.9 Å². The molecule has 1 unspecified atom stereocenters. The van der Waals surface area contributed by atoms with Crippen LogP contribution in [-0.4, -0.2) is 31.5 Å². The van der Waals surface area contributed by atoms with E-state index in [1.807, 2.05) is 30.3 Å². The summed E-state index contributed by atoms with van der Waals surface area (Å²) in [6, 6.07) is 15.1. The average Bonchev–Trinajstić information content (AvgIpc) is 3.34. The first-order valence-corrected chi connectivity index (χ1v) is 15.1. The van der Waals surface area contributed by atoms with Crippen LogP contribution < -0.4 is 0 Å². The number of alkyl halides is 1. The normalized spacial score (nSPS) is 13.0. The molecule has 0 saturated carbocycles. The second kappa shape index (κ2) is 13.2. The molecule has 3 aromatic rings. The minimum atomic E-state index is -4.69. The van der Waals surface area contributed by atoms with E-state index in [0.29, 0.717) is 15.0 Å². The summed E-state index contributed by atoms with van der Waals surface area (Å²) in [4.78, 5) is 37.1. The first kappa shape index (κ1) is 32.4. The van der Waals surface area contributed by atoms with Crippen LogP contribution in [0.1, 0.15) is 68.3 Å². The van der Waals surface area contributed by atoms with E-state index in [1.54, 1.807) is 53.7 Å². The van der Waals surface area contributed by atoms with Gasteiger partial charge >= 0.3 is 25.5 Å². The molecule has 0 aliphatic heterocycles. The lowest BCUT2D eigenvalue weighted by Gasteiger charge is -2.24. The highest BCUT2D eigenvalue weighted by atomic mass is 32.1. The van der Waals surface area contributed by atoms with Gasteiger partial charge in [-0.3, -0.25) is 23.2 Å². The van der Waals surface area contributed by atoms with Crippen molar-refractivity contribution in [3.05, 3.63) is 70.6 Å². The first-order valence-electron chi connectivity index (χ1n) is 12.7. The average molecular weight is 609 g/mol. The molecule has 2 aromatic carbocycles. The van der Waals surface area contributed by atoms with E-state index in [4.69, 9.17) is 23.3 Å². The lowest BCUT2D eigenvalue weighted by molar-refractivity contribution is -0.162. The third kappa shape index (κ3) is 8.94. The molecule has 0 amide bonds. The summed E-state index contributed by atoms with van der Waals surface area (Å²) in [6.07, 6.45) is 0. The summed E-state index contributed by atoms with van der Waals surface area (Å²) in [5.74, 6) is -4.19. The van der Waals surface area contributed by atoms with Crippen LogP contribution in [-0.2, 0) is 44.0 Å². The van der Waals surface area contributed by atoms with Crippen molar-refractivity contribution in [3.63, 3.8) is 0 Å². The number of benzene rings is 2. The molecule has 222 valence electrons. The predicted octanol–water partition coefficient (Wildman–Crippen LogP) is 7.55. The number of hydrogen-bond acceptors (Lipinski definition) is 10. The second-order valence-corrected chi connectivity index (χ2v) is 14.3. The van der Waals surface area contributed by atoms with Crippen molar-refractivity contribution < 1.29 is 46.6 Å². The van der Waals surface area contributed by atoms with E-state index in [2.05, 4.69) is 0 Å². The van der Waals surface area contributed by atoms with Crippen molar-refractivity contribution in [1.82, 2.24) is 0 Å². The third-order valence-corrected chi connectivity index (χ3v) is 8.46. The summed E-state index contributed by atoms with van der Waals surface area (Å²) in [5.41, 5.74) is -1.00. The fourth-order valence-electron chi connectivity index (χ4n) is 3.20. The molecule has 0 radical (unpaired) electrons. The number of rotatable bonds is 11. The minimum absolute atomic E-state index is 0.0767. The van der Waals surface area contributed by atoms with Crippen molar-refractivity contribution in [1.29, 1.82) is 0 Å². The first-order chi connectivity index (χ1) is 19.1. The van der Waals surface area contributed by atoms with Gasteiger partial charge < -0.3 is 14.2 Å². The highest BCUT2D eigenvalue weighted by molar-refractivity contribution is 7.54. The molecule has 9 nitrogen and oxygen atoms in total. The molecule has 1 atom stereocenters. The summed E-state index contributed by atoms with van der Waals surface area (Å²) >= 11 is 1.16. The maximum Gasteiger partial charge on any atom is 0.374 e. The Kier molecular flexibility index (Phi) is 10.5. The van der Waals surface area contributed by atoms with Crippen molar-refractivity contribution in [3.8, 4) is 0 Å². The quantitative estimate of drug-likeness (QED) is 0.0942. The van der Waals surface area contributed by atoms with E-state index in [9.17, 15) is 18.9 Å². The van der Waals surface area contributed by atoms with E-state index in [0.717, 1.165) is 16.9 Å². The van der Waals surface area contributed by atoms with Crippen LogP contribution in [0.2, 0.25) is 0 Å². The van der Waals surface area contributed by atoms with Gasteiger partial charge in [-0.1, -0.05) is 36.4 Å². The molecule has 1 aromatic heterocycles. The zero-order valence-corrected chi connectivity index (χ0v) is 25.5. The van der Waals surface area contributed by atoms with Gasteiger partial charge in [-0.2, -0.15) is 0 Å². The number of fused-ring (bicyclic) bond motifs is 1. The second-order valence-electron chi connectivity index (χ2n) is 11.2. The molecule has 0 saturated heterocycles. The molecule has 41 heavy (non-hydrogen) atoms. The lowest BCUT2D eigenvalue weighted by atomic mass is 9.98. The predicted molar refractivity (Wildman–Crippen MR) is 152 cm³/mol. The molecule has 3 rings (SSSR count). The fourth-order valence-corrected chi connectivity index (χ4v) is 5.39. The number of ether oxygens (including phenoxy) is 3. The van der Waals surface area contributed by atoms with Crippen molar-refractivity contribution in [2.75, 3.05) is 13.6 Å². The number of carbonyl (C=O) groups excluding carboxylic acids is 3. The maximum absolute atomic E-state index is 15.8. The van der Waals surface area contributed by atoms with Crippen LogP contribution in [0.15, 0.2) is 54.6 Å². The smallest absolute Gasteiger partial charge is 0.374 e. The van der Waals surface area contributed by atoms with Crippen molar-refractivity contribution in [2.24, 2.45) is 10.8 Å². The van der Waals surface area contributed by atoms with E-state index >= 15 is 4.39 Å². The molecule has 12 heteroatoms. The number of carbonyl (C=O) groups is 3. The van der Waals surface area contributed by atoms with Crippen molar-refractivity contribution >= 4 is 46.9 Å². The molecule has 1 heterocycles. The molecule has 0 N–H and O–H groups in total.